The van der Waals surface area contributed by atoms with E-state index in [1.807, 2.05) is 7.05 Å². The van der Waals surface area contributed by atoms with Crippen molar-refractivity contribution in [1.29, 1.82) is 0 Å². The van der Waals surface area contributed by atoms with E-state index in [4.69, 9.17) is 4.42 Å². The summed E-state index contributed by atoms with van der Waals surface area (Å²) in [6.45, 7) is 3.87. The van der Waals surface area contributed by atoms with Crippen molar-refractivity contribution >= 4 is 28.6 Å². The highest BCUT2D eigenvalue weighted by molar-refractivity contribution is 6.15. The lowest BCUT2D eigenvalue weighted by molar-refractivity contribution is 0.102. The molecule has 0 saturated heterocycles. The number of carbonyl (C=O) groups is 1. The van der Waals surface area contributed by atoms with E-state index in [1.54, 1.807) is 24.0 Å². The van der Waals surface area contributed by atoms with Crippen LogP contribution in [0.5, 0.6) is 0 Å². The molecule has 1 amide bonds. The molecule has 0 unspecified atom stereocenters. The molecule has 1 saturated carbocycles. The van der Waals surface area contributed by atoms with Gasteiger partial charge in [-0.1, -0.05) is 0 Å². The molecule has 8 nitrogen and oxygen atoms in total. The average molecular weight is 326 g/mol. The zero-order chi connectivity index (χ0) is 16.9. The van der Waals surface area contributed by atoms with Gasteiger partial charge in [0.05, 0.1) is 17.3 Å². The molecule has 0 aliphatic heterocycles. The van der Waals surface area contributed by atoms with E-state index in [1.165, 1.54) is 6.33 Å². The van der Waals surface area contributed by atoms with Crippen LogP contribution in [0.3, 0.4) is 0 Å². The molecule has 1 aliphatic carbocycles. The number of furan rings is 1. The summed E-state index contributed by atoms with van der Waals surface area (Å²) in [7, 11) is 1.84. The predicted molar refractivity (Wildman–Crippen MR) is 89.0 cm³/mol. The Labute approximate surface area is 138 Å². The lowest BCUT2D eigenvalue weighted by Gasteiger charge is -2.13. The maximum atomic E-state index is 12.7. The van der Waals surface area contributed by atoms with Gasteiger partial charge in [0.15, 0.2) is 5.82 Å². The van der Waals surface area contributed by atoms with Gasteiger partial charge in [0.25, 0.3) is 5.91 Å². The van der Waals surface area contributed by atoms with Gasteiger partial charge in [-0.15, -0.1) is 0 Å². The van der Waals surface area contributed by atoms with Crippen LogP contribution < -0.4 is 10.6 Å². The monoisotopic (exact) mass is 326 g/mol. The Kier molecular flexibility index (Phi) is 3.09. The second-order valence-corrected chi connectivity index (χ2v) is 6.50. The fourth-order valence-corrected chi connectivity index (χ4v) is 2.67. The summed E-state index contributed by atoms with van der Waals surface area (Å²) in [6, 6.07) is 0. The highest BCUT2D eigenvalue weighted by Gasteiger charge is 2.38. The predicted octanol–water partition coefficient (Wildman–Crippen LogP) is 2.48. The number of carbonyl (C=O) groups excluding carboxylic acids is 1. The van der Waals surface area contributed by atoms with Crippen LogP contribution in [0.1, 0.15) is 35.9 Å². The van der Waals surface area contributed by atoms with Crippen molar-refractivity contribution in [2.45, 2.75) is 32.2 Å². The van der Waals surface area contributed by atoms with Crippen LogP contribution in [0.25, 0.3) is 11.1 Å². The first-order valence-electron chi connectivity index (χ1n) is 7.77. The Balaban J connectivity index is 1.76. The van der Waals surface area contributed by atoms with Crippen LogP contribution >= 0.6 is 0 Å². The van der Waals surface area contributed by atoms with Crippen LogP contribution in [0.2, 0.25) is 0 Å². The molecule has 4 rings (SSSR count). The SMILES string of the molecule is Cc1oc2ncnc(NC3(C)CC3)c2c1C(=O)Nc1cn(C)cn1. The van der Waals surface area contributed by atoms with E-state index in [0.717, 1.165) is 12.8 Å². The minimum absolute atomic E-state index is 0.0290. The fraction of sp³-hybridized carbons (Fsp3) is 0.375. The van der Waals surface area contributed by atoms with Gasteiger partial charge in [0.2, 0.25) is 5.71 Å². The van der Waals surface area contributed by atoms with Crippen molar-refractivity contribution in [2.24, 2.45) is 7.05 Å². The van der Waals surface area contributed by atoms with Gasteiger partial charge >= 0.3 is 0 Å². The van der Waals surface area contributed by atoms with Gasteiger partial charge in [-0.2, -0.15) is 0 Å². The van der Waals surface area contributed by atoms with Gasteiger partial charge in [-0.3, -0.25) is 4.79 Å². The maximum absolute atomic E-state index is 12.7. The summed E-state index contributed by atoms with van der Waals surface area (Å²) in [4.78, 5) is 25.3. The number of hydrogen-bond acceptors (Lipinski definition) is 6. The van der Waals surface area contributed by atoms with Crippen molar-refractivity contribution in [2.75, 3.05) is 10.6 Å². The van der Waals surface area contributed by atoms with Gasteiger partial charge in [0, 0.05) is 18.8 Å². The van der Waals surface area contributed by atoms with Crippen molar-refractivity contribution < 1.29 is 9.21 Å². The lowest BCUT2D eigenvalue weighted by atomic mass is 10.1. The van der Waals surface area contributed by atoms with Gasteiger partial charge in [0.1, 0.15) is 17.9 Å². The van der Waals surface area contributed by atoms with Crippen molar-refractivity contribution in [1.82, 2.24) is 19.5 Å². The van der Waals surface area contributed by atoms with E-state index in [-0.39, 0.29) is 11.4 Å². The number of nitrogens with zero attached hydrogens (tertiary/aromatic N) is 4. The number of nitrogens with one attached hydrogen (secondary N) is 2. The Hall–Kier alpha value is -2.90. The van der Waals surface area contributed by atoms with E-state index in [2.05, 4.69) is 32.5 Å². The van der Waals surface area contributed by atoms with Crippen molar-refractivity contribution in [3.8, 4) is 0 Å². The van der Waals surface area contributed by atoms with E-state index < -0.39 is 0 Å². The Morgan fingerprint density at radius 2 is 2.12 bits per heavy atom. The first kappa shape index (κ1) is 14.7. The highest BCUT2D eigenvalue weighted by atomic mass is 16.3. The van der Waals surface area contributed by atoms with Crippen LogP contribution in [0.4, 0.5) is 11.6 Å². The molecule has 0 radical (unpaired) electrons. The summed E-state index contributed by atoms with van der Waals surface area (Å²) in [5.74, 6) is 1.33. The number of anilines is 2. The zero-order valence-corrected chi connectivity index (χ0v) is 13.8. The van der Waals surface area contributed by atoms with Crippen LogP contribution in [-0.2, 0) is 7.05 Å². The molecule has 1 fully saturated rings. The largest absolute Gasteiger partial charge is 0.442 e. The summed E-state index contributed by atoms with van der Waals surface area (Å²) >= 11 is 0. The first-order chi connectivity index (χ1) is 11.5. The first-order valence-corrected chi connectivity index (χ1v) is 7.77. The van der Waals surface area contributed by atoms with Crippen molar-refractivity contribution in [3.05, 3.63) is 30.2 Å². The summed E-state index contributed by atoms with van der Waals surface area (Å²) in [6.07, 6.45) is 6.95. The maximum Gasteiger partial charge on any atom is 0.261 e. The quantitative estimate of drug-likeness (QED) is 0.764. The molecule has 3 aromatic heterocycles. The van der Waals surface area contributed by atoms with Gasteiger partial charge in [-0.05, 0) is 26.7 Å². The van der Waals surface area contributed by atoms with E-state index >= 15 is 0 Å². The second kappa shape index (κ2) is 5.05. The molecule has 2 N–H and O–H groups in total. The fourth-order valence-electron chi connectivity index (χ4n) is 2.67. The second-order valence-electron chi connectivity index (χ2n) is 6.50. The third-order valence-corrected chi connectivity index (χ3v) is 4.26. The average Bonchev–Trinajstić information content (AvgIpc) is 2.94. The molecule has 24 heavy (non-hydrogen) atoms. The zero-order valence-electron chi connectivity index (χ0n) is 13.8. The Morgan fingerprint density at radius 3 is 2.79 bits per heavy atom. The summed E-state index contributed by atoms with van der Waals surface area (Å²) in [5.41, 5.74) is 0.865. The molecule has 0 bridgehead atoms. The van der Waals surface area contributed by atoms with Gasteiger partial charge in [-0.25, -0.2) is 15.0 Å². The normalized spacial score (nSPS) is 15.5. The number of imidazole rings is 1. The molecule has 0 aromatic carbocycles. The molecule has 0 spiro atoms. The number of rotatable bonds is 4. The number of fused-ring (bicyclic) bond motifs is 1. The molecule has 8 heteroatoms. The van der Waals surface area contributed by atoms with E-state index in [9.17, 15) is 4.79 Å². The summed E-state index contributed by atoms with van der Waals surface area (Å²) in [5, 5.41) is 6.80. The van der Waals surface area contributed by atoms with Gasteiger partial charge < -0.3 is 19.6 Å². The number of aryl methyl sites for hydroxylation is 2. The van der Waals surface area contributed by atoms with E-state index in [0.29, 0.717) is 34.1 Å². The number of hydrogen-bond donors (Lipinski definition) is 2. The molecular weight excluding hydrogens is 308 g/mol. The minimum atomic E-state index is -0.288. The third kappa shape index (κ3) is 2.49. The van der Waals surface area contributed by atoms with Crippen LogP contribution in [0.15, 0.2) is 23.3 Å². The molecule has 1 aliphatic rings. The smallest absolute Gasteiger partial charge is 0.261 e. The molecule has 3 heterocycles. The third-order valence-electron chi connectivity index (χ3n) is 4.26. The Bertz CT molecular complexity index is 937. The molecular formula is C16H18N6O2. The lowest BCUT2D eigenvalue weighted by Crippen LogP contribution is -2.18. The summed E-state index contributed by atoms with van der Waals surface area (Å²) < 4.78 is 7.42. The molecule has 3 aromatic rings. The van der Waals surface area contributed by atoms with Crippen LogP contribution in [-0.4, -0.2) is 31.0 Å². The topological polar surface area (TPSA) is 97.9 Å². The molecule has 0 atom stereocenters. The molecule has 124 valence electrons. The van der Waals surface area contributed by atoms with Crippen molar-refractivity contribution in [3.63, 3.8) is 0 Å². The standard InChI is InChI=1S/C16H18N6O2/c1-9-11(14(23)20-10-6-22(3)8-19-10)12-13(21-16(2)4-5-16)17-7-18-15(12)24-9/h6-8H,4-5H2,1-3H3,(H,20,23)(H,17,18,21). The van der Waals surface area contributed by atoms with Crippen LogP contribution in [0, 0.1) is 6.92 Å². The highest BCUT2D eigenvalue weighted by Crippen LogP contribution is 2.40. The Morgan fingerprint density at radius 1 is 1.33 bits per heavy atom. The minimum Gasteiger partial charge on any atom is -0.442 e. The number of aromatic nitrogens is 4. The number of amides is 1.